The van der Waals surface area contributed by atoms with Gasteiger partial charge in [0.25, 0.3) is 5.91 Å². The van der Waals surface area contributed by atoms with Crippen LogP contribution < -0.4 is 11.1 Å². The van der Waals surface area contributed by atoms with Crippen LogP contribution in [0.5, 0.6) is 0 Å². The lowest BCUT2D eigenvalue weighted by molar-refractivity contribution is 0.102. The van der Waals surface area contributed by atoms with Crippen LogP contribution in [0.3, 0.4) is 0 Å². The van der Waals surface area contributed by atoms with Gasteiger partial charge in [0.15, 0.2) is 0 Å². The molecule has 1 amide bonds. The zero-order valence-electron chi connectivity index (χ0n) is 11.6. The van der Waals surface area contributed by atoms with Gasteiger partial charge in [-0.05, 0) is 24.3 Å². The number of nitrogens with two attached hydrogens (primary N) is 1. The molecular weight excluding hydrogens is 271 g/mol. The van der Waals surface area contributed by atoms with Crippen LogP contribution in [-0.4, -0.2) is 12.5 Å². The Kier molecular flexibility index (Phi) is 4.75. The van der Waals surface area contributed by atoms with Crippen molar-refractivity contribution in [3.63, 3.8) is 0 Å². The maximum absolute atomic E-state index is 13.9. The summed E-state index contributed by atoms with van der Waals surface area (Å²) in [5, 5.41) is 2.52. The van der Waals surface area contributed by atoms with Crippen molar-refractivity contribution in [2.24, 2.45) is 5.73 Å². The minimum Gasteiger partial charge on any atom is -0.469 e. The number of halogens is 1. The lowest BCUT2D eigenvalue weighted by atomic mass is 10.1. The Hall–Kier alpha value is -2.58. The summed E-state index contributed by atoms with van der Waals surface area (Å²) in [4.78, 5) is 12.1. The first-order valence-corrected chi connectivity index (χ1v) is 6.52. The fraction of sp³-hybridized carbons (Fsp3) is 0.188. The van der Waals surface area contributed by atoms with Crippen molar-refractivity contribution in [1.29, 1.82) is 0 Å². The van der Waals surface area contributed by atoms with Crippen molar-refractivity contribution in [2.45, 2.75) is 13.3 Å². The molecule has 108 valence electrons. The molecule has 0 aliphatic carbocycles. The van der Waals surface area contributed by atoms with Crippen molar-refractivity contribution < 1.29 is 13.6 Å². The number of rotatable bonds is 3. The van der Waals surface area contributed by atoms with Gasteiger partial charge < -0.3 is 15.5 Å². The number of furan rings is 1. The summed E-state index contributed by atoms with van der Waals surface area (Å²) in [5.74, 6) is 4.99. The van der Waals surface area contributed by atoms with Crippen molar-refractivity contribution in [1.82, 2.24) is 0 Å². The van der Waals surface area contributed by atoms with Gasteiger partial charge in [0.2, 0.25) is 0 Å². The topological polar surface area (TPSA) is 68.3 Å². The van der Waals surface area contributed by atoms with Crippen LogP contribution in [0.1, 0.15) is 28.6 Å². The molecule has 0 unspecified atom stereocenters. The fourth-order valence-corrected chi connectivity index (χ4v) is 1.85. The van der Waals surface area contributed by atoms with Gasteiger partial charge in [-0.15, -0.1) is 0 Å². The molecule has 0 atom stereocenters. The predicted octanol–water partition coefficient (Wildman–Crippen LogP) is 2.54. The molecule has 0 aliphatic rings. The first-order valence-electron chi connectivity index (χ1n) is 6.52. The second kappa shape index (κ2) is 6.73. The van der Waals surface area contributed by atoms with E-state index in [1.165, 1.54) is 18.4 Å². The van der Waals surface area contributed by atoms with Crippen LogP contribution >= 0.6 is 0 Å². The third-order valence-corrected chi connectivity index (χ3v) is 2.86. The summed E-state index contributed by atoms with van der Waals surface area (Å²) in [5.41, 5.74) is 6.27. The number of hydrogen-bond acceptors (Lipinski definition) is 3. The molecule has 2 aromatic rings. The molecule has 0 aliphatic heterocycles. The number of carbonyl (C=O) groups is 1. The van der Waals surface area contributed by atoms with Crippen LogP contribution in [0.25, 0.3) is 0 Å². The molecule has 5 heteroatoms. The van der Waals surface area contributed by atoms with Crippen molar-refractivity contribution >= 4 is 11.6 Å². The summed E-state index contributed by atoms with van der Waals surface area (Å²) < 4.78 is 19.1. The van der Waals surface area contributed by atoms with Crippen molar-refractivity contribution in [3.8, 4) is 11.8 Å². The Morgan fingerprint density at radius 3 is 2.90 bits per heavy atom. The standard InChI is InChI=1S/C16H15FN2O2/c1-2-15-12(7-9-21-15)16(20)19-14-6-5-11(4-3-8-18)10-13(14)17/h5-7,9-10H,2,8,18H2,1H3,(H,19,20). The van der Waals surface area contributed by atoms with Gasteiger partial charge in [0, 0.05) is 12.0 Å². The zero-order chi connectivity index (χ0) is 15.2. The van der Waals surface area contributed by atoms with Crippen molar-refractivity contribution in [2.75, 3.05) is 11.9 Å². The summed E-state index contributed by atoms with van der Waals surface area (Å²) in [6.07, 6.45) is 2.03. The molecule has 0 spiro atoms. The zero-order valence-corrected chi connectivity index (χ0v) is 11.6. The molecule has 0 saturated heterocycles. The third-order valence-electron chi connectivity index (χ3n) is 2.86. The molecule has 21 heavy (non-hydrogen) atoms. The highest BCUT2D eigenvalue weighted by Gasteiger charge is 2.15. The Morgan fingerprint density at radius 2 is 2.24 bits per heavy atom. The van der Waals surface area contributed by atoms with E-state index >= 15 is 0 Å². The fourth-order valence-electron chi connectivity index (χ4n) is 1.85. The second-order valence-electron chi connectivity index (χ2n) is 4.27. The number of carbonyl (C=O) groups excluding carboxylic acids is 1. The molecule has 0 saturated carbocycles. The molecule has 0 radical (unpaired) electrons. The van der Waals surface area contributed by atoms with Crippen LogP contribution in [0.15, 0.2) is 34.9 Å². The van der Waals surface area contributed by atoms with E-state index in [4.69, 9.17) is 10.2 Å². The molecule has 2 rings (SSSR count). The predicted molar refractivity (Wildman–Crippen MR) is 78.4 cm³/mol. The number of aryl methyl sites for hydroxylation is 1. The molecule has 1 aromatic carbocycles. The van der Waals surface area contributed by atoms with Gasteiger partial charge >= 0.3 is 0 Å². The van der Waals surface area contributed by atoms with Crippen LogP contribution in [0.2, 0.25) is 0 Å². The quantitative estimate of drug-likeness (QED) is 0.852. The largest absolute Gasteiger partial charge is 0.469 e. The van der Waals surface area contributed by atoms with Gasteiger partial charge in [-0.2, -0.15) is 0 Å². The Balaban J connectivity index is 2.18. The molecule has 1 aromatic heterocycles. The summed E-state index contributed by atoms with van der Waals surface area (Å²) in [6, 6.07) is 5.92. The van der Waals surface area contributed by atoms with E-state index in [1.807, 2.05) is 6.92 Å². The molecule has 3 N–H and O–H groups in total. The van der Waals surface area contributed by atoms with Gasteiger partial charge in [-0.25, -0.2) is 4.39 Å². The van der Waals surface area contributed by atoms with E-state index in [0.29, 0.717) is 23.3 Å². The molecule has 1 heterocycles. The SMILES string of the molecule is CCc1occc1C(=O)Nc1ccc(C#CCN)cc1F. The minimum absolute atomic E-state index is 0.0987. The van der Waals surface area contributed by atoms with Crippen LogP contribution in [0, 0.1) is 17.7 Å². The smallest absolute Gasteiger partial charge is 0.259 e. The van der Waals surface area contributed by atoms with Crippen LogP contribution in [0.4, 0.5) is 10.1 Å². The highest BCUT2D eigenvalue weighted by molar-refractivity contribution is 6.05. The number of nitrogens with one attached hydrogen (secondary N) is 1. The molecule has 0 bridgehead atoms. The summed E-state index contributed by atoms with van der Waals surface area (Å²) in [7, 11) is 0. The summed E-state index contributed by atoms with van der Waals surface area (Å²) in [6.45, 7) is 2.08. The Bertz CT molecular complexity index is 711. The average Bonchev–Trinajstić information content (AvgIpc) is 2.96. The normalized spacial score (nSPS) is 9.86. The average molecular weight is 286 g/mol. The first kappa shape index (κ1) is 14.8. The number of anilines is 1. The van der Waals surface area contributed by atoms with Gasteiger partial charge in [-0.3, -0.25) is 4.79 Å². The number of hydrogen-bond donors (Lipinski definition) is 2. The third kappa shape index (κ3) is 3.50. The monoisotopic (exact) mass is 286 g/mol. The maximum atomic E-state index is 13.9. The summed E-state index contributed by atoms with van der Waals surface area (Å²) >= 11 is 0. The van der Waals surface area contributed by atoms with E-state index in [9.17, 15) is 9.18 Å². The first-order chi connectivity index (χ1) is 10.2. The van der Waals surface area contributed by atoms with E-state index in [0.717, 1.165) is 0 Å². The number of benzene rings is 1. The van der Waals surface area contributed by atoms with E-state index in [-0.39, 0.29) is 12.2 Å². The molecule has 0 fully saturated rings. The molecule has 4 nitrogen and oxygen atoms in total. The van der Waals surface area contributed by atoms with E-state index < -0.39 is 11.7 Å². The van der Waals surface area contributed by atoms with E-state index in [1.54, 1.807) is 12.1 Å². The molecular formula is C16H15FN2O2. The Morgan fingerprint density at radius 1 is 1.43 bits per heavy atom. The lowest BCUT2D eigenvalue weighted by Crippen LogP contribution is -2.13. The number of amides is 1. The Labute approximate surface area is 122 Å². The maximum Gasteiger partial charge on any atom is 0.259 e. The van der Waals surface area contributed by atoms with Gasteiger partial charge in [-0.1, -0.05) is 18.8 Å². The van der Waals surface area contributed by atoms with Gasteiger partial charge in [0.1, 0.15) is 11.6 Å². The minimum atomic E-state index is -0.547. The van der Waals surface area contributed by atoms with Crippen LogP contribution in [-0.2, 0) is 6.42 Å². The highest BCUT2D eigenvalue weighted by Crippen LogP contribution is 2.18. The highest BCUT2D eigenvalue weighted by atomic mass is 19.1. The van der Waals surface area contributed by atoms with Gasteiger partial charge in [0.05, 0.1) is 24.1 Å². The lowest BCUT2D eigenvalue weighted by Gasteiger charge is -2.06. The van der Waals surface area contributed by atoms with Crippen molar-refractivity contribution in [3.05, 3.63) is 53.2 Å². The second-order valence-corrected chi connectivity index (χ2v) is 4.27. The van der Waals surface area contributed by atoms with E-state index in [2.05, 4.69) is 17.2 Å².